The average Bonchev–Trinajstić information content (AvgIpc) is 2.10. The van der Waals surface area contributed by atoms with E-state index in [1.165, 1.54) is 32.1 Å². The van der Waals surface area contributed by atoms with Gasteiger partial charge in [0.1, 0.15) is 0 Å². The molecule has 4 rings (SSSR count). The van der Waals surface area contributed by atoms with Crippen LogP contribution in [0.2, 0.25) is 0 Å². The summed E-state index contributed by atoms with van der Waals surface area (Å²) in [5.41, 5.74) is 6.61. The molecule has 0 aromatic carbocycles. The minimum atomic E-state index is -4.67. The Morgan fingerprint density at radius 3 is 1.59 bits per heavy atom. The van der Waals surface area contributed by atoms with Crippen LogP contribution in [0.3, 0.4) is 0 Å². The van der Waals surface area contributed by atoms with Gasteiger partial charge >= 0.3 is 10.4 Å². The summed E-state index contributed by atoms with van der Waals surface area (Å²) in [6.45, 7) is 2.31. The van der Waals surface area contributed by atoms with Crippen molar-refractivity contribution in [1.29, 1.82) is 0 Å². The van der Waals surface area contributed by atoms with E-state index in [0.717, 1.165) is 23.7 Å². The molecule has 0 atom stereocenters. The lowest BCUT2D eigenvalue weighted by atomic mass is 9.49. The van der Waals surface area contributed by atoms with Crippen LogP contribution in [0.25, 0.3) is 0 Å². The van der Waals surface area contributed by atoms with E-state index in [0.29, 0.717) is 0 Å². The van der Waals surface area contributed by atoms with Crippen molar-refractivity contribution in [3.63, 3.8) is 0 Å². The summed E-state index contributed by atoms with van der Waals surface area (Å²) in [6.07, 6.45) is 7.31. The third-order valence-electron chi connectivity index (χ3n) is 4.90. The van der Waals surface area contributed by atoms with Crippen LogP contribution >= 0.6 is 0 Å². The molecule has 4 aliphatic rings. The molecular formula is C11H21NO4S. The van der Waals surface area contributed by atoms with Crippen molar-refractivity contribution >= 4 is 10.4 Å². The maximum absolute atomic E-state index is 8.74. The van der Waals surface area contributed by atoms with Crippen molar-refractivity contribution in [2.45, 2.75) is 44.6 Å². The highest BCUT2D eigenvalue weighted by atomic mass is 32.3. The van der Waals surface area contributed by atoms with Crippen molar-refractivity contribution in [3.05, 3.63) is 0 Å². The van der Waals surface area contributed by atoms with E-state index >= 15 is 0 Å². The van der Waals surface area contributed by atoms with Crippen LogP contribution in [0.4, 0.5) is 0 Å². The lowest BCUT2D eigenvalue weighted by molar-refractivity contribution is -0.0464. The van der Waals surface area contributed by atoms with Gasteiger partial charge in [0.05, 0.1) is 0 Å². The van der Waals surface area contributed by atoms with Gasteiger partial charge in [0.25, 0.3) is 0 Å². The second-order valence-corrected chi connectivity index (χ2v) is 7.01. The first kappa shape index (κ1) is 13.3. The SMILES string of the molecule is CC1(N)C2CC3CC(C2)CC1C3.O=S(=O)(O)O. The van der Waals surface area contributed by atoms with Crippen LogP contribution in [0.15, 0.2) is 0 Å². The van der Waals surface area contributed by atoms with Crippen LogP contribution in [0.1, 0.15) is 39.0 Å². The van der Waals surface area contributed by atoms with E-state index in [9.17, 15) is 0 Å². The molecule has 0 aliphatic heterocycles. The van der Waals surface area contributed by atoms with Crippen LogP contribution in [0, 0.1) is 23.7 Å². The van der Waals surface area contributed by atoms with Gasteiger partial charge < -0.3 is 5.73 Å². The van der Waals surface area contributed by atoms with Gasteiger partial charge in [-0.3, -0.25) is 9.11 Å². The highest BCUT2D eigenvalue weighted by Crippen LogP contribution is 2.57. The van der Waals surface area contributed by atoms with Gasteiger partial charge in [-0.25, -0.2) is 0 Å². The fraction of sp³-hybridized carbons (Fsp3) is 1.00. The Bertz CT molecular complexity index is 352. The molecule has 100 valence electrons. The smallest absolute Gasteiger partial charge is 0.325 e. The first-order valence-electron chi connectivity index (χ1n) is 6.15. The summed E-state index contributed by atoms with van der Waals surface area (Å²) in [7, 11) is -4.67. The molecule has 4 N–H and O–H groups in total. The van der Waals surface area contributed by atoms with Crippen LogP contribution in [0.5, 0.6) is 0 Å². The molecule has 0 aromatic rings. The van der Waals surface area contributed by atoms with Gasteiger partial charge in [-0.05, 0) is 62.7 Å². The molecule has 4 aliphatic carbocycles. The lowest BCUT2D eigenvalue weighted by Crippen LogP contribution is -2.60. The van der Waals surface area contributed by atoms with Gasteiger partial charge in [-0.15, -0.1) is 0 Å². The van der Waals surface area contributed by atoms with E-state index in [-0.39, 0.29) is 5.54 Å². The number of hydrogen-bond acceptors (Lipinski definition) is 3. The van der Waals surface area contributed by atoms with Crippen LogP contribution < -0.4 is 5.73 Å². The largest absolute Gasteiger partial charge is 0.394 e. The predicted molar refractivity (Wildman–Crippen MR) is 63.8 cm³/mol. The summed E-state index contributed by atoms with van der Waals surface area (Å²) in [6, 6.07) is 0. The zero-order chi connectivity index (χ0) is 12.8. The van der Waals surface area contributed by atoms with Crippen LogP contribution in [-0.2, 0) is 10.4 Å². The Labute approximate surface area is 102 Å². The Balaban J connectivity index is 0.000000188. The van der Waals surface area contributed by atoms with Crippen molar-refractivity contribution in [1.82, 2.24) is 0 Å². The summed E-state index contributed by atoms with van der Waals surface area (Å²) in [5.74, 6) is 3.86. The fourth-order valence-electron chi connectivity index (χ4n) is 4.20. The monoisotopic (exact) mass is 263 g/mol. The summed E-state index contributed by atoms with van der Waals surface area (Å²) < 4.78 is 31.6. The van der Waals surface area contributed by atoms with Gasteiger partial charge in [-0.2, -0.15) is 8.42 Å². The van der Waals surface area contributed by atoms with E-state index in [4.69, 9.17) is 23.3 Å². The van der Waals surface area contributed by atoms with Crippen molar-refractivity contribution < 1.29 is 17.5 Å². The first-order valence-corrected chi connectivity index (χ1v) is 7.54. The second kappa shape index (κ2) is 4.19. The molecule has 4 saturated carbocycles. The zero-order valence-electron chi connectivity index (χ0n) is 10.0. The molecule has 4 fully saturated rings. The van der Waals surface area contributed by atoms with Crippen molar-refractivity contribution in [2.75, 3.05) is 0 Å². The maximum atomic E-state index is 8.74. The second-order valence-electron chi connectivity index (χ2n) is 6.12. The molecule has 0 amide bonds. The topological polar surface area (TPSA) is 101 Å². The molecule has 0 unspecified atom stereocenters. The van der Waals surface area contributed by atoms with E-state index < -0.39 is 10.4 Å². The Morgan fingerprint density at radius 1 is 1.00 bits per heavy atom. The van der Waals surface area contributed by atoms with E-state index in [2.05, 4.69) is 6.92 Å². The molecule has 0 saturated heterocycles. The molecule has 0 spiro atoms. The minimum absolute atomic E-state index is 0.202. The van der Waals surface area contributed by atoms with Gasteiger partial charge in [0, 0.05) is 5.54 Å². The standard InChI is InChI=1S/C11H19N.H2O4S/c1-11(12)9-3-7-2-8(5-9)6-10(11)4-7;1-5(2,3)4/h7-10H,2-6,12H2,1H3;(H2,1,2,3,4). The quantitative estimate of drug-likeness (QED) is 0.575. The van der Waals surface area contributed by atoms with Gasteiger partial charge in [0.2, 0.25) is 0 Å². The summed E-state index contributed by atoms with van der Waals surface area (Å²) in [4.78, 5) is 0. The predicted octanol–water partition coefficient (Wildman–Crippen LogP) is 1.51. The van der Waals surface area contributed by atoms with Crippen molar-refractivity contribution in [2.24, 2.45) is 29.4 Å². The minimum Gasteiger partial charge on any atom is -0.325 e. The van der Waals surface area contributed by atoms with Crippen LogP contribution in [-0.4, -0.2) is 23.1 Å². The first-order chi connectivity index (χ1) is 7.66. The normalized spacial score (nSPS) is 47.5. The molecule has 4 bridgehead atoms. The fourth-order valence-corrected chi connectivity index (χ4v) is 4.20. The van der Waals surface area contributed by atoms with Gasteiger partial charge in [-0.1, -0.05) is 0 Å². The highest BCUT2D eigenvalue weighted by molar-refractivity contribution is 7.79. The summed E-state index contributed by atoms with van der Waals surface area (Å²) in [5, 5.41) is 0. The summed E-state index contributed by atoms with van der Waals surface area (Å²) >= 11 is 0. The molecule has 6 heteroatoms. The number of hydrogen-bond donors (Lipinski definition) is 3. The zero-order valence-corrected chi connectivity index (χ0v) is 10.9. The average molecular weight is 263 g/mol. The molecule has 0 radical (unpaired) electrons. The Hall–Kier alpha value is -0.170. The molecule has 0 aromatic heterocycles. The number of nitrogens with two attached hydrogens (primary N) is 1. The van der Waals surface area contributed by atoms with Gasteiger partial charge in [0.15, 0.2) is 0 Å². The third-order valence-corrected chi connectivity index (χ3v) is 4.90. The number of rotatable bonds is 0. The highest BCUT2D eigenvalue weighted by Gasteiger charge is 2.52. The lowest BCUT2D eigenvalue weighted by Gasteiger charge is -2.58. The van der Waals surface area contributed by atoms with Crippen molar-refractivity contribution in [3.8, 4) is 0 Å². The molecule has 0 heterocycles. The third kappa shape index (κ3) is 2.99. The Kier molecular flexibility index (Phi) is 3.27. The molecular weight excluding hydrogens is 242 g/mol. The maximum Gasteiger partial charge on any atom is 0.394 e. The van der Waals surface area contributed by atoms with E-state index in [1.54, 1.807) is 0 Å². The Morgan fingerprint density at radius 2 is 1.29 bits per heavy atom. The molecule has 17 heavy (non-hydrogen) atoms. The molecule has 5 nitrogen and oxygen atoms in total. The van der Waals surface area contributed by atoms with E-state index in [1.807, 2.05) is 0 Å².